The van der Waals surface area contributed by atoms with Crippen molar-refractivity contribution in [2.24, 2.45) is 0 Å². The van der Waals surface area contributed by atoms with Gasteiger partial charge in [0.05, 0.1) is 11.9 Å². The predicted octanol–water partition coefficient (Wildman–Crippen LogP) is 2.10. The summed E-state index contributed by atoms with van der Waals surface area (Å²) in [5, 5.41) is 9.17. The Balaban J connectivity index is 1.56. The van der Waals surface area contributed by atoms with Gasteiger partial charge in [-0.15, -0.1) is 0 Å². The number of aryl methyl sites for hydroxylation is 1. The number of nitrogens with one attached hydrogen (secondary N) is 2. The smallest absolute Gasteiger partial charge is 0.153 e. The highest BCUT2D eigenvalue weighted by Gasteiger charge is 2.23. The Morgan fingerprint density at radius 3 is 3.14 bits per heavy atom. The third kappa shape index (κ3) is 2.22. The molecule has 0 saturated heterocycles. The van der Waals surface area contributed by atoms with Gasteiger partial charge in [-0.3, -0.25) is 0 Å². The molecule has 7 nitrogen and oxygen atoms in total. The number of nitrogens with zero attached hydrogens (tertiary/aromatic N) is 5. The van der Waals surface area contributed by atoms with Gasteiger partial charge in [-0.05, 0) is 12.5 Å². The minimum atomic E-state index is 0.308. The van der Waals surface area contributed by atoms with Crippen molar-refractivity contribution in [3.05, 3.63) is 30.2 Å². The van der Waals surface area contributed by atoms with Gasteiger partial charge in [0.25, 0.3) is 0 Å². The van der Waals surface area contributed by atoms with Crippen LogP contribution in [0.4, 0.5) is 5.82 Å². The van der Waals surface area contributed by atoms with Crippen LogP contribution in [-0.2, 0) is 13.0 Å². The standard InChI is InChI=1S/C15H19N7/c1-9(2)13-20-12-4-3-10(7-22(12)21-13)19-15-11-5-6-16-14(11)17-8-18-15/h5-6,8-10H,3-4,7H2,1-2H3,(H2,16,17,18,19). The topological polar surface area (TPSA) is 84.3 Å². The van der Waals surface area contributed by atoms with E-state index >= 15 is 0 Å². The lowest BCUT2D eigenvalue weighted by Gasteiger charge is -2.24. The number of anilines is 1. The van der Waals surface area contributed by atoms with Crippen LogP contribution in [0, 0.1) is 0 Å². The lowest BCUT2D eigenvalue weighted by molar-refractivity contribution is 0.439. The predicted molar refractivity (Wildman–Crippen MR) is 83.7 cm³/mol. The Hall–Kier alpha value is -2.44. The SMILES string of the molecule is CC(C)c1nc2n(n1)CC(Nc1ncnc3[nH]ccc13)CC2. The number of H-pyrrole nitrogens is 1. The molecule has 0 saturated carbocycles. The molecular formula is C15H19N7. The first-order valence-corrected chi connectivity index (χ1v) is 7.69. The molecule has 3 aromatic rings. The fourth-order valence-electron chi connectivity index (χ4n) is 2.87. The van der Waals surface area contributed by atoms with Gasteiger partial charge in [0, 0.05) is 24.6 Å². The Morgan fingerprint density at radius 1 is 1.36 bits per heavy atom. The van der Waals surface area contributed by atoms with E-state index in [4.69, 9.17) is 0 Å². The van der Waals surface area contributed by atoms with Crippen LogP contribution in [0.5, 0.6) is 0 Å². The first kappa shape index (κ1) is 13.2. The van der Waals surface area contributed by atoms with Gasteiger partial charge in [0.15, 0.2) is 5.82 Å². The number of hydrogen-bond acceptors (Lipinski definition) is 5. The van der Waals surface area contributed by atoms with E-state index in [1.54, 1.807) is 6.33 Å². The summed E-state index contributed by atoms with van der Waals surface area (Å²) >= 11 is 0. The molecule has 0 aromatic carbocycles. The highest BCUT2D eigenvalue weighted by Crippen LogP contribution is 2.22. The van der Waals surface area contributed by atoms with Crippen LogP contribution in [0.25, 0.3) is 11.0 Å². The maximum atomic E-state index is 4.63. The zero-order valence-electron chi connectivity index (χ0n) is 12.7. The largest absolute Gasteiger partial charge is 0.365 e. The van der Waals surface area contributed by atoms with Gasteiger partial charge < -0.3 is 10.3 Å². The Kier molecular flexibility index (Phi) is 3.06. The lowest BCUT2D eigenvalue weighted by atomic mass is 10.1. The summed E-state index contributed by atoms with van der Waals surface area (Å²) in [5.41, 5.74) is 0.858. The molecule has 0 spiro atoms. The number of aromatic amines is 1. The summed E-state index contributed by atoms with van der Waals surface area (Å²) in [6, 6.07) is 2.31. The molecule has 22 heavy (non-hydrogen) atoms. The van der Waals surface area contributed by atoms with Crippen LogP contribution in [0.1, 0.15) is 37.8 Å². The zero-order chi connectivity index (χ0) is 15.1. The van der Waals surface area contributed by atoms with Crippen molar-refractivity contribution in [1.82, 2.24) is 29.7 Å². The average molecular weight is 297 g/mol. The van der Waals surface area contributed by atoms with E-state index in [-0.39, 0.29) is 0 Å². The molecule has 1 unspecified atom stereocenters. The van der Waals surface area contributed by atoms with E-state index in [9.17, 15) is 0 Å². The van der Waals surface area contributed by atoms with Crippen molar-refractivity contribution in [1.29, 1.82) is 0 Å². The van der Waals surface area contributed by atoms with Gasteiger partial charge in [-0.2, -0.15) is 5.10 Å². The Bertz CT molecular complexity index is 801. The highest BCUT2D eigenvalue weighted by molar-refractivity contribution is 5.86. The highest BCUT2D eigenvalue weighted by atomic mass is 15.4. The van der Waals surface area contributed by atoms with Crippen molar-refractivity contribution in [3.8, 4) is 0 Å². The fraction of sp³-hybridized carbons (Fsp3) is 0.467. The van der Waals surface area contributed by atoms with E-state index in [1.165, 1.54) is 0 Å². The average Bonchev–Trinajstić information content (AvgIpc) is 3.13. The molecule has 2 N–H and O–H groups in total. The second-order valence-corrected chi connectivity index (χ2v) is 6.07. The molecule has 0 bridgehead atoms. The molecule has 0 aliphatic carbocycles. The second-order valence-electron chi connectivity index (χ2n) is 6.07. The first-order chi connectivity index (χ1) is 10.7. The van der Waals surface area contributed by atoms with Crippen LogP contribution in [0.3, 0.4) is 0 Å². The van der Waals surface area contributed by atoms with Gasteiger partial charge in [0.2, 0.25) is 0 Å². The minimum absolute atomic E-state index is 0.308. The van der Waals surface area contributed by atoms with Crippen LogP contribution < -0.4 is 5.32 Å². The summed E-state index contributed by atoms with van der Waals surface area (Å²) in [6.07, 6.45) is 5.45. The van der Waals surface area contributed by atoms with E-state index < -0.39 is 0 Å². The molecule has 0 amide bonds. The third-order valence-electron chi connectivity index (χ3n) is 4.09. The van der Waals surface area contributed by atoms with Gasteiger partial charge in [-0.1, -0.05) is 13.8 Å². The molecule has 1 atom stereocenters. The number of aromatic nitrogens is 6. The van der Waals surface area contributed by atoms with E-state index in [2.05, 4.69) is 44.2 Å². The molecule has 0 fully saturated rings. The Labute approximate surface area is 128 Å². The second kappa shape index (κ2) is 5.08. The summed E-state index contributed by atoms with van der Waals surface area (Å²) in [4.78, 5) is 16.3. The van der Waals surface area contributed by atoms with Crippen molar-refractivity contribution in [3.63, 3.8) is 0 Å². The van der Waals surface area contributed by atoms with Crippen LogP contribution in [0.15, 0.2) is 18.6 Å². The molecular weight excluding hydrogens is 278 g/mol. The molecule has 7 heteroatoms. The molecule has 3 aromatic heterocycles. The molecule has 4 rings (SSSR count). The van der Waals surface area contributed by atoms with Crippen molar-refractivity contribution in [2.45, 2.75) is 45.2 Å². The fourth-order valence-corrected chi connectivity index (χ4v) is 2.87. The summed E-state index contributed by atoms with van der Waals surface area (Å²) in [5.74, 6) is 3.27. The summed E-state index contributed by atoms with van der Waals surface area (Å²) in [7, 11) is 0. The molecule has 1 aliphatic heterocycles. The van der Waals surface area contributed by atoms with Crippen LogP contribution >= 0.6 is 0 Å². The Morgan fingerprint density at radius 2 is 2.27 bits per heavy atom. The monoisotopic (exact) mass is 297 g/mol. The van der Waals surface area contributed by atoms with Gasteiger partial charge in [0.1, 0.15) is 23.6 Å². The first-order valence-electron chi connectivity index (χ1n) is 7.69. The number of fused-ring (bicyclic) bond motifs is 2. The lowest BCUT2D eigenvalue weighted by Crippen LogP contribution is -2.32. The van der Waals surface area contributed by atoms with E-state index in [0.29, 0.717) is 12.0 Å². The van der Waals surface area contributed by atoms with Crippen LogP contribution in [-0.4, -0.2) is 35.8 Å². The number of rotatable bonds is 3. The molecule has 4 heterocycles. The minimum Gasteiger partial charge on any atom is -0.365 e. The van der Waals surface area contributed by atoms with Crippen molar-refractivity contribution >= 4 is 16.9 Å². The quantitative estimate of drug-likeness (QED) is 0.773. The van der Waals surface area contributed by atoms with Crippen molar-refractivity contribution in [2.75, 3.05) is 5.32 Å². The number of hydrogen-bond donors (Lipinski definition) is 2. The van der Waals surface area contributed by atoms with E-state index in [1.807, 2.05) is 16.9 Å². The summed E-state index contributed by atoms with van der Waals surface area (Å²) < 4.78 is 2.03. The van der Waals surface area contributed by atoms with Crippen LogP contribution in [0.2, 0.25) is 0 Å². The molecule has 1 aliphatic rings. The van der Waals surface area contributed by atoms with Gasteiger partial charge >= 0.3 is 0 Å². The summed E-state index contributed by atoms with van der Waals surface area (Å²) in [6.45, 7) is 5.08. The van der Waals surface area contributed by atoms with E-state index in [0.717, 1.165) is 47.9 Å². The van der Waals surface area contributed by atoms with Gasteiger partial charge in [-0.25, -0.2) is 19.6 Å². The molecule has 0 radical (unpaired) electrons. The third-order valence-corrected chi connectivity index (χ3v) is 4.09. The van der Waals surface area contributed by atoms with Crippen molar-refractivity contribution < 1.29 is 0 Å². The maximum Gasteiger partial charge on any atom is 0.153 e. The molecule has 114 valence electrons. The zero-order valence-corrected chi connectivity index (χ0v) is 12.7. The maximum absolute atomic E-state index is 4.63. The normalized spacial score (nSPS) is 17.9.